The second-order valence-corrected chi connectivity index (χ2v) is 3.92. The standard InChI is InChI=1S/C11H22N2O2/c1-4-6-8(3)13-11(15)10(14)9(12)7-5-2/h8-9H,4-7,12H2,1-3H3,(H,13,15). The first-order valence-corrected chi connectivity index (χ1v) is 5.63. The van der Waals surface area contributed by atoms with Crippen molar-refractivity contribution in [2.24, 2.45) is 5.73 Å². The molecule has 3 N–H and O–H groups in total. The number of nitrogens with one attached hydrogen (secondary N) is 1. The molecule has 0 aromatic rings. The second-order valence-electron chi connectivity index (χ2n) is 3.92. The monoisotopic (exact) mass is 214 g/mol. The molecule has 0 aliphatic heterocycles. The van der Waals surface area contributed by atoms with Crippen LogP contribution in [-0.2, 0) is 9.59 Å². The van der Waals surface area contributed by atoms with Gasteiger partial charge in [-0.25, -0.2) is 0 Å². The van der Waals surface area contributed by atoms with Gasteiger partial charge in [0.05, 0.1) is 6.04 Å². The number of hydrogen-bond acceptors (Lipinski definition) is 3. The van der Waals surface area contributed by atoms with Crippen molar-refractivity contribution in [1.82, 2.24) is 5.32 Å². The lowest BCUT2D eigenvalue weighted by Crippen LogP contribution is -2.45. The molecule has 0 aliphatic carbocycles. The van der Waals surface area contributed by atoms with Crippen LogP contribution in [0.2, 0.25) is 0 Å². The molecule has 0 heterocycles. The van der Waals surface area contributed by atoms with E-state index in [1.54, 1.807) is 0 Å². The molecule has 0 fully saturated rings. The Morgan fingerprint density at radius 1 is 1.20 bits per heavy atom. The van der Waals surface area contributed by atoms with Crippen LogP contribution in [0, 0.1) is 0 Å². The molecule has 2 unspecified atom stereocenters. The fraction of sp³-hybridized carbons (Fsp3) is 0.818. The molecule has 15 heavy (non-hydrogen) atoms. The van der Waals surface area contributed by atoms with Gasteiger partial charge in [0.1, 0.15) is 0 Å². The number of Topliss-reactive ketones (excluding diaryl/α,β-unsaturated/α-hetero) is 1. The molecule has 0 bridgehead atoms. The summed E-state index contributed by atoms with van der Waals surface area (Å²) in [6, 6.07) is -0.607. The Morgan fingerprint density at radius 2 is 1.73 bits per heavy atom. The quantitative estimate of drug-likeness (QED) is 0.621. The van der Waals surface area contributed by atoms with E-state index in [-0.39, 0.29) is 6.04 Å². The van der Waals surface area contributed by atoms with Crippen LogP contribution in [0.4, 0.5) is 0 Å². The first-order valence-electron chi connectivity index (χ1n) is 5.63. The average molecular weight is 214 g/mol. The van der Waals surface area contributed by atoms with E-state index in [0.717, 1.165) is 19.3 Å². The van der Waals surface area contributed by atoms with Gasteiger partial charge in [0.2, 0.25) is 5.78 Å². The van der Waals surface area contributed by atoms with Crippen molar-refractivity contribution in [3.05, 3.63) is 0 Å². The number of amides is 1. The van der Waals surface area contributed by atoms with Crippen LogP contribution < -0.4 is 11.1 Å². The van der Waals surface area contributed by atoms with Gasteiger partial charge in [-0.3, -0.25) is 9.59 Å². The number of carbonyl (C=O) groups excluding carboxylic acids is 2. The summed E-state index contributed by atoms with van der Waals surface area (Å²) >= 11 is 0. The topological polar surface area (TPSA) is 72.2 Å². The maximum Gasteiger partial charge on any atom is 0.289 e. The van der Waals surface area contributed by atoms with E-state index in [1.807, 2.05) is 20.8 Å². The molecule has 0 aromatic heterocycles. The number of rotatable bonds is 7. The third kappa shape index (κ3) is 5.52. The SMILES string of the molecule is CCCC(C)NC(=O)C(=O)C(N)CCC. The summed E-state index contributed by atoms with van der Waals surface area (Å²) in [6.45, 7) is 5.86. The van der Waals surface area contributed by atoms with Crippen molar-refractivity contribution in [2.75, 3.05) is 0 Å². The first kappa shape index (κ1) is 14.1. The molecular formula is C11H22N2O2. The number of nitrogens with two attached hydrogens (primary N) is 1. The normalized spacial score (nSPS) is 14.4. The lowest BCUT2D eigenvalue weighted by molar-refractivity contribution is -0.139. The Kier molecular flexibility index (Phi) is 6.96. The Hall–Kier alpha value is -0.900. The minimum absolute atomic E-state index is 0.0419. The minimum Gasteiger partial charge on any atom is -0.347 e. The van der Waals surface area contributed by atoms with Crippen molar-refractivity contribution < 1.29 is 9.59 Å². The minimum atomic E-state index is -0.649. The van der Waals surface area contributed by atoms with Crippen LogP contribution in [0.25, 0.3) is 0 Å². The van der Waals surface area contributed by atoms with E-state index in [9.17, 15) is 9.59 Å². The molecule has 0 rings (SSSR count). The zero-order valence-electron chi connectivity index (χ0n) is 9.88. The zero-order chi connectivity index (χ0) is 11.8. The van der Waals surface area contributed by atoms with Gasteiger partial charge in [0.15, 0.2) is 0 Å². The molecular weight excluding hydrogens is 192 g/mol. The van der Waals surface area contributed by atoms with E-state index in [1.165, 1.54) is 0 Å². The summed E-state index contributed by atoms with van der Waals surface area (Å²) in [5, 5.41) is 2.65. The van der Waals surface area contributed by atoms with Gasteiger partial charge < -0.3 is 11.1 Å². The molecule has 0 radical (unpaired) electrons. The third-order valence-corrected chi connectivity index (χ3v) is 2.26. The largest absolute Gasteiger partial charge is 0.347 e. The molecule has 0 aromatic carbocycles. The fourth-order valence-electron chi connectivity index (χ4n) is 1.41. The maximum absolute atomic E-state index is 11.4. The summed E-state index contributed by atoms with van der Waals surface area (Å²) in [7, 11) is 0. The lowest BCUT2D eigenvalue weighted by Gasteiger charge is -2.14. The Morgan fingerprint density at radius 3 is 2.20 bits per heavy atom. The number of ketones is 1. The van der Waals surface area contributed by atoms with Gasteiger partial charge >= 0.3 is 0 Å². The molecule has 1 amide bonds. The van der Waals surface area contributed by atoms with E-state index >= 15 is 0 Å². The van der Waals surface area contributed by atoms with E-state index in [4.69, 9.17) is 5.73 Å². The molecule has 4 heteroatoms. The van der Waals surface area contributed by atoms with Crippen molar-refractivity contribution in [3.8, 4) is 0 Å². The molecule has 0 saturated carbocycles. The molecule has 4 nitrogen and oxygen atoms in total. The Balaban J connectivity index is 4.03. The highest BCUT2D eigenvalue weighted by Gasteiger charge is 2.21. The summed E-state index contributed by atoms with van der Waals surface area (Å²) in [4.78, 5) is 22.8. The van der Waals surface area contributed by atoms with Crippen LogP contribution in [0.15, 0.2) is 0 Å². The zero-order valence-corrected chi connectivity index (χ0v) is 9.88. The van der Waals surface area contributed by atoms with Crippen LogP contribution in [0.3, 0.4) is 0 Å². The lowest BCUT2D eigenvalue weighted by atomic mass is 10.1. The van der Waals surface area contributed by atoms with Gasteiger partial charge in [-0.2, -0.15) is 0 Å². The van der Waals surface area contributed by atoms with Crippen LogP contribution in [0.1, 0.15) is 46.5 Å². The van der Waals surface area contributed by atoms with E-state index in [2.05, 4.69) is 5.32 Å². The van der Waals surface area contributed by atoms with E-state index < -0.39 is 17.7 Å². The van der Waals surface area contributed by atoms with Crippen LogP contribution in [0.5, 0.6) is 0 Å². The van der Waals surface area contributed by atoms with Crippen molar-refractivity contribution in [1.29, 1.82) is 0 Å². The maximum atomic E-state index is 11.4. The molecule has 2 atom stereocenters. The van der Waals surface area contributed by atoms with Crippen molar-refractivity contribution in [3.63, 3.8) is 0 Å². The third-order valence-electron chi connectivity index (χ3n) is 2.26. The Bertz CT molecular complexity index is 217. The van der Waals surface area contributed by atoms with Crippen LogP contribution in [-0.4, -0.2) is 23.8 Å². The molecule has 0 aliphatic rings. The number of hydrogen-bond donors (Lipinski definition) is 2. The second kappa shape index (κ2) is 7.40. The summed E-state index contributed by atoms with van der Waals surface area (Å²) in [5.41, 5.74) is 5.57. The fourth-order valence-corrected chi connectivity index (χ4v) is 1.41. The molecule has 88 valence electrons. The average Bonchev–Trinajstić information content (AvgIpc) is 2.17. The van der Waals surface area contributed by atoms with Gasteiger partial charge in [-0.1, -0.05) is 26.7 Å². The number of carbonyl (C=O) groups is 2. The van der Waals surface area contributed by atoms with Crippen LogP contribution >= 0.6 is 0 Å². The van der Waals surface area contributed by atoms with Crippen molar-refractivity contribution in [2.45, 2.75) is 58.5 Å². The van der Waals surface area contributed by atoms with Gasteiger partial charge in [-0.05, 0) is 19.8 Å². The highest BCUT2D eigenvalue weighted by atomic mass is 16.2. The summed E-state index contributed by atoms with van der Waals surface area (Å²) in [5.74, 6) is -1.04. The molecule has 0 saturated heterocycles. The predicted octanol–water partition coefficient (Wildman–Crippen LogP) is 0.988. The van der Waals surface area contributed by atoms with Gasteiger partial charge in [0.25, 0.3) is 5.91 Å². The highest BCUT2D eigenvalue weighted by molar-refractivity contribution is 6.38. The first-order chi connectivity index (χ1) is 7.02. The highest BCUT2D eigenvalue weighted by Crippen LogP contribution is 1.98. The van der Waals surface area contributed by atoms with Crippen molar-refractivity contribution >= 4 is 11.7 Å². The van der Waals surface area contributed by atoms with E-state index in [0.29, 0.717) is 6.42 Å². The smallest absolute Gasteiger partial charge is 0.289 e. The predicted molar refractivity (Wildman–Crippen MR) is 60.4 cm³/mol. The summed E-state index contributed by atoms with van der Waals surface area (Å²) in [6.07, 6.45) is 3.23. The summed E-state index contributed by atoms with van der Waals surface area (Å²) < 4.78 is 0. The Labute approximate surface area is 91.6 Å². The van der Waals surface area contributed by atoms with Gasteiger partial charge in [-0.15, -0.1) is 0 Å². The molecule has 0 spiro atoms. The van der Waals surface area contributed by atoms with Gasteiger partial charge in [0, 0.05) is 6.04 Å².